The molecule has 0 aromatic heterocycles. The van der Waals surface area contributed by atoms with Crippen LogP contribution in [-0.2, 0) is 4.79 Å². The fraction of sp³-hybridized carbons (Fsp3) is 0.700. The van der Waals surface area contributed by atoms with E-state index in [1.807, 2.05) is 7.05 Å². The van der Waals surface area contributed by atoms with Crippen LogP contribution in [0.15, 0.2) is 11.8 Å². The second-order valence-electron chi connectivity index (χ2n) is 3.50. The molecule has 1 N–H and O–H groups in total. The predicted octanol–water partition coefficient (Wildman–Crippen LogP) is 0.774. The minimum atomic E-state index is 0.168. The third-order valence-corrected chi connectivity index (χ3v) is 2.36. The van der Waals surface area contributed by atoms with Crippen molar-refractivity contribution in [2.24, 2.45) is 0 Å². The van der Waals surface area contributed by atoms with Gasteiger partial charge in [-0.15, -0.1) is 0 Å². The van der Waals surface area contributed by atoms with Crippen molar-refractivity contribution in [1.82, 2.24) is 10.2 Å². The highest BCUT2D eigenvalue weighted by Crippen LogP contribution is 2.09. The van der Waals surface area contributed by atoms with Crippen molar-refractivity contribution in [1.29, 1.82) is 0 Å². The van der Waals surface area contributed by atoms with Gasteiger partial charge in [0.05, 0.1) is 0 Å². The molecule has 0 unspecified atom stereocenters. The van der Waals surface area contributed by atoms with Crippen LogP contribution in [0.25, 0.3) is 0 Å². The summed E-state index contributed by atoms with van der Waals surface area (Å²) in [6, 6.07) is 0. The summed E-state index contributed by atoms with van der Waals surface area (Å²) in [5, 5.41) is 2.91. The number of nitrogens with one attached hydrogen (secondary N) is 1. The zero-order valence-electron chi connectivity index (χ0n) is 8.47. The average molecular weight is 182 g/mol. The molecule has 1 heterocycles. The molecule has 0 spiro atoms. The van der Waals surface area contributed by atoms with Crippen molar-refractivity contribution in [2.45, 2.75) is 19.8 Å². The minimum absolute atomic E-state index is 0.168. The van der Waals surface area contributed by atoms with Gasteiger partial charge in [0, 0.05) is 25.4 Å². The van der Waals surface area contributed by atoms with E-state index in [1.54, 1.807) is 13.1 Å². The van der Waals surface area contributed by atoms with E-state index in [9.17, 15) is 4.79 Å². The van der Waals surface area contributed by atoms with Gasteiger partial charge in [-0.25, -0.2) is 0 Å². The lowest BCUT2D eigenvalue weighted by molar-refractivity contribution is -0.113. The van der Waals surface area contributed by atoms with E-state index in [4.69, 9.17) is 0 Å². The van der Waals surface area contributed by atoms with Crippen molar-refractivity contribution in [3.8, 4) is 0 Å². The van der Waals surface area contributed by atoms with Crippen LogP contribution in [0.5, 0.6) is 0 Å². The van der Waals surface area contributed by atoms with Gasteiger partial charge in [-0.2, -0.15) is 0 Å². The highest BCUT2D eigenvalue weighted by atomic mass is 16.1. The first-order valence-electron chi connectivity index (χ1n) is 4.83. The maximum atomic E-state index is 11.2. The molecule has 0 bridgehead atoms. The second-order valence-corrected chi connectivity index (χ2v) is 3.50. The van der Waals surface area contributed by atoms with Crippen LogP contribution in [0, 0.1) is 0 Å². The van der Waals surface area contributed by atoms with Crippen molar-refractivity contribution < 1.29 is 4.79 Å². The third-order valence-electron chi connectivity index (χ3n) is 2.36. The van der Waals surface area contributed by atoms with E-state index in [0.717, 1.165) is 25.2 Å². The number of rotatable bonds is 4. The Labute approximate surface area is 79.8 Å². The number of Topliss-reactive ketones (excluding diaryl/α,β-unsaturated/α-hetero) is 1. The molecule has 0 atom stereocenters. The minimum Gasteiger partial charge on any atom is -0.394 e. The van der Waals surface area contributed by atoms with Gasteiger partial charge in [0.25, 0.3) is 0 Å². The lowest BCUT2D eigenvalue weighted by atomic mass is 10.2. The molecule has 1 saturated heterocycles. The molecule has 0 radical (unpaired) electrons. The lowest BCUT2D eigenvalue weighted by Crippen LogP contribution is -2.25. The van der Waals surface area contributed by atoms with Crippen LogP contribution < -0.4 is 5.32 Å². The number of hydrogen-bond donors (Lipinski definition) is 1. The molecular formula is C10H18N2O. The number of carbonyl (C=O) groups excluding carboxylic acids is 1. The molecule has 0 aliphatic carbocycles. The Morgan fingerprint density at radius 1 is 1.46 bits per heavy atom. The zero-order chi connectivity index (χ0) is 9.68. The Balaban J connectivity index is 2.46. The fourth-order valence-corrected chi connectivity index (χ4v) is 1.61. The standard InChI is InChI=1S/C10H18N2O/c1-9(13)10(7-11-2)8-12-5-3-4-6-12/h7,11H,3-6,8H2,1-2H3/b10-7-. The number of likely N-dealkylation sites (tertiary alicyclic amines) is 1. The first-order chi connectivity index (χ1) is 6.24. The Hall–Kier alpha value is -0.830. The van der Waals surface area contributed by atoms with Crippen LogP contribution in [0.1, 0.15) is 19.8 Å². The van der Waals surface area contributed by atoms with Crippen LogP contribution in [0.3, 0.4) is 0 Å². The summed E-state index contributed by atoms with van der Waals surface area (Å²) in [6.07, 6.45) is 4.34. The number of hydrogen-bond acceptors (Lipinski definition) is 3. The largest absolute Gasteiger partial charge is 0.394 e. The van der Waals surface area contributed by atoms with E-state index in [1.165, 1.54) is 12.8 Å². The van der Waals surface area contributed by atoms with Gasteiger partial charge in [-0.3, -0.25) is 9.69 Å². The van der Waals surface area contributed by atoms with Gasteiger partial charge >= 0.3 is 0 Å². The predicted molar refractivity (Wildman–Crippen MR) is 53.5 cm³/mol. The Morgan fingerprint density at radius 2 is 2.08 bits per heavy atom. The second kappa shape index (κ2) is 5.02. The summed E-state index contributed by atoms with van der Waals surface area (Å²) in [4.78, 5) is 13.5. The highest BCUT2D eigenvalue weighted by Gasteiger charge is 2.14. The topological polar surface area (TPSA) is 32.3 Å². The molecule has 1 aliphatic heterocycles. The lowest BCUT2D eigenvalue weighted by Gasteiger charge is -2.15. The van der Waals surface area contributed by atoms with Crippen molar-refractivity contribution in [3.05, 3.63) is 11.8 Å². The Bertz CT molecular complexity index is 205. The maximum Gasteiger partial charge on any atom is 0.158 e. The number of ketones is 1. The smallest absolute Gasteiger partial charge is 0.158 e. The maximum absolute atomic E-state index is 11.2. The highest BCUT2D eigenvalue weighted by molar-refractivity contribution is 5.93. The van der Waals surface area contributed by atoms with E-state index >= 15 is 0 Å². The summed E-state index contributed by atoms with van der Waals surface area (Å²) in [5.41, 5.74) is 0.879. The number of carbonyl (C=O) groups is 1. The van der Waals surface area contributed by atoms with Gasteiger partial charge in [0.1, 0.15) is 0 Å². The van der Waals surface area contributed by atoms with Crippen LogP contribution in [0.2, 0.25) is 0 Å². The molecule has 0 aromatic carbocycles. The normalized spacial score (nSPS) is 19.1. The summed E-state index contributed by atoms with van der Waals surface area (Å²) in [5.74, 6) is 0.168. The molecule has 13 heavy (non-hydrogen) atoms. The zero-order valence-corrected chi connectivity index (χ0v) is 8.47. The van der Waals surface area contributed by atoms with Gasteiger partial charge < -0.3 is 5.32 Å². The molecule has 1 rings (SSSR count). The van der Waals surface area contributed by atoms with Gasteiger partial charge in [0.2, 0.25) is 0 Å². The van der Waals surface area contributed by atoms with Crippen LogP contribution in [0.4, 0.5) is 0 Å². The summed E-state index contributed by atoms with van der Waals surface area (Å²) >= 11 is 0. The molecule has 3 nitrogen and oxygen atoms in total. The third kappa shape index (κ3) is 3.19. The van der Waals surface area contributed by atoms with E-state index < -0.39 is 0 Å². The van der Waals surface area contributed by atoms with Crippen molar-refractivity contribution in [3.63, 3.8) is 0 Å². The van der Waals surface area contributed by atoms with Crippen LogP contribution >= 0.6 is 0 Å². The molecule has 0 amide bonds. The molecular weight excluding hydrogens is 164 g/mol. The summed E-state index contributed by atoms with van der Waals surface area (Å²) < 4.78 is 0. The summed E-state index contributed by atoms with van der Waals surface area (Å²) in [7, 11) is 1.83. The molecule has 3 heteroatoms. The molecule has 1 aliphatic rings. The van der Waals surface area contributed by atoms with Gasteiger partial charge in [0.15, 0.2) is 5.78 Å². The Morgan fingerprint density at radius 3 is 2.54 bits per heavy atom. The van der Waals surface area contributed by atoms with Crippen LogP contribution in [-0.4, -0.2) is 37.4 Å². The molecule has 1 fully saturated rings. The van der Waals surface area contributed by atoms with Crippen molar-refractivity contribution in [2.75, 3.05) is 26.7 Å². The quantitative estimate of drug-likeness (QED) is 0.652. The van der Waals surface area contributed by atoms with E-state index in [-0.39, 0.29) is 5.78 Å². The SMILES string of the molecule is CN/C=C(/CN1CCCC1)C(C)=O. The fourth-order valence-electron chi connectivity index (χ4n) is 1.61. The van der Waals surface area contributed by atoms with Crippen molar-refractivity contribution >= 4 is 5.78 Å². The monoisotopic (exact) mass is 182 g/mol. The van der Waals surface area contributed by atoms with E-state index in [0.29, 0.717) is 0 Å². The number of nitrogens with zero attached hydrogens (tertiary/aromatic N) is 1. The molecule has 74 valence electrons. The molecule has 0 saturated carbocycles. The first-order valence-corrected chi connectivity index (χ1v) is 4.83. The van der Waals surface area contributed by atoms with E-state index in [2.05, 4.69) is 10.2 Å². The van der Waals surface area contributed by atoms with Gasteiger partial charge in [-0.05, 0) is 32.9 Å². The average Bonchev–Trinajstić information content (AvgIpc) is 2.56. The summed E-state index contributed by atoms with van der Waals surface area (Å²) in [6.45, 7) is 4.69. The van der Waals surface area contributed by atoms with Gasteiger partial charge in [-0.1, -0.05) is 0 Å². The Kier molecular flexibility index (Phi) is 3.96. The molecule has 0 aromatic rings. The first kappa shape index (κ1) is 10.3.